The monoisotopic (exact) mass is 359 g/mol. The van der Waals surface area contributed by atoms with Gasteiger partial charge in [0.25, 0.3) is 0 Å². The van der Waals surface area contributed by atoms with Crippen molar-refractivity contribution in [3.05, 3.63) is 36.5 Å². The molecule has 0 radical (unpaired) electrons. The lowest BCUT2D eigenvalue weighted by Gasteiger charge is -2.35. The number of aromatic nitrogens is 1. The number of carbonyl (C=O) groups is 1. The number of ketones is 1. The number of carbonyl (C=O) groups excluding carboxylic acids is 1. The molecule has 6 heteroatoms. The number of pyridine rings is 1. The Bertz CT molecular complexity index is 961. The van der Waals surface area contributed by atoms with E-state index in [0.29, 0.717) is 18.4 Å². The molecule has 132 valence electrons. The standard InChI is InChI=1S/C19H21NO4S/c1-18(2)14-8-9-19(18,16(21)11-14)12-25(22,23)24-15-7-3-5-13-6-4-10-20-17(13)15/h3-7,10,14H,8-9,11-12H2,1-2H3/t14-,19-/m0/s1. The summed E-state index contributed by atoms with van der Waals surface area (Å²) < 4.78 is 31.0. The highest BCUT2D eigenvalue weighted by molar-refractivity contribution is 7.87. The van der Waals surface area contributed by atoms with Crippen LogP contribution in [0.3, 0.4) is 0 Å². The van der Waals surface area contributed by atoms with E-state index in [1.807, 2.05) is 26.0 Å². The second kappa shape index (κ2) is 5.27. The van der Waals surface area contributed by atoms with Crippen LogP contribution in [0.4, 0.5) is 0 Å². The van der Waals surface area contributed by atoms with E-state index in [4.69, 9.17) is 4.18 Å². The highest BCUT2D eigenvalue weighted by Crippen LogP contribution is 2.64. The van der Waals surface area contributed by atoms with E-state index in [1.165, 1.54) is 0 Å². The summed E-state index contributed by atoms with van der Waals surface area (Å²) in [5, 5.41) is 0.812. The number of para-hydroxylation sites is 1. The first-order valence-corrected chi connectivity index (χ1v) is 10.1. The van der Waals surface area contributed by atoms with Gasteiger partial charge in [0.15, 0.2) is 5.75 Å². The number of benzene rings is 1. The van der Waals surface area contributed by atoms with Crippen LogP contribution in [0.2, 0.25) is 0 Å². The minimum atomic E-state index is -3.92. The third kappa shape index (κ3) is 2.38. The van der Waals surface area contributed by atoms with Crippen LogP contribution in [-0.4, -0.2) is 24.9 Å². The molecule has 2 aliphatic rings. The third-order valence-corrected chi connectivity index (χ3v) is 7.65. The number of nitrogens with zero attached hydrogens (tertiary/aromatic N) is 1. The number of rotatable bonds is 4. The quantitative estimate of drug-likeness (QED) is 0.783. The van der Waals surface area contributed by atoms with Crippen molar-refractivity contribution in [3.8, 4) is 5.75 Å². The molecule has 0 aliphatic heterocycles. The fraction of sp³-hybridized carbons (Fsp3) is 0.474. The zero-order valence-electron chi connectivity index (χ0n) is 14.4. The molecule has 2 aromatic rings. The predicted molar refractivity (Wildman–Crippen MR) is 94.7 cm³/mol. The molecule has 0 N–H and O–H groups in total. The van der Waals surface area contributed by atoms with Crippen LogP contribution in [0.25, 0.3) is 10.9 Å². The number of fused-ring (bicyclic) bond motifs is 3. The van der Waals surface area contributed by atoms with E-state index < -0.39 is 15.5 Å². The maximum Gasteiger partial charge on any atom is 0.310 e. The van der Waals surface area contributed by atoms with Gasteiger partial charge < -0.3 is 4.18 Å². The maximum atomic E-state index is 12.8. The van der Waals surface area contributed by atoms with Crippen LogP contribution in [0.1, 0.15) is 33.1 Å². The maximum absolute atomic E-state index is 12.8. The first-order valence-electron chi connectivity index (χ1n) is 8.54. The van der Waals surface area contributed by atoms with Crippen molar-refractivity contribution in [3.63, 3.8) is 0 Å². The van der Waals surface area contributed by atoms with Crippen LogP contribution in [0.5, 0.6) is 5.75 Å². The molecule has 4 rings (SSSR count). The number of Topliss-reactive ketones (excluding diaryl/α,β-unsaturated/α-hetero) is 1. The Morgan fingerprint density at radius 2 is 2.00 bits per heavy atom. The summed E-state index contributed by atoms with van der Waals surface area (Å²) in [7, 11) is -3.92. The predicted octanol–water partition coefficient (Wildman–Crippen LogP) is 3.34. The zero-order chi connectivity index (χ0) is 17.9. The van der Waals surface area contributed by atoms with E-state index in [2.05, 4.69) is 4.98 Å². The Morgan fingerprint density at radius 3 is 2.68 bits per heavy atom. The van der Waals surface area contributed by atoms with Gasteiger partial charge in [-0.05, 0) is 36.3 Å². The molecule has 5 nitrogen and oxygen atoms in total. The summed E-state index contributed by atoms with van der Waals surface area (Å²) in [6.45, 7) is 4.04. The Morgan fingerprint density at radius 1 is 1.24 bits per heavy atom. The summed E-state index contributed by atoms with van der Waals surface area (Å²) in [6.07, 6.45) is 3.62. The Hall–Kier alpha value is -1.95. The van der Waals surface area contributed by atoms with E-state index in [-0.39, 0.29) is 28.6 Å². The fourth-order valence-electron chi connectivity index (χ4n) is 4.72. The van der Waals surface area contributed by atoms with Gasteiger partial charge in [-0.3, -0.25) is 9.78 Å². The number of hydrogen-bond donors (Lipinski definition) is 0. The molecule has 0 unspecified atom stereocenters. The first kappa shape index (κ1) is 16.5. The van der Waals surface area contributed by atoms with Gasteiger partial charge in [0.1, 0.15) is 11.3 Å². The first-order chi connectivity index (χ1) is 11.8. The summed E-state index contributed by atoms with van der Waals surface area (Å²) in [4.78, 5) is 16.8. The normalized spacial score (nSPS) is 27.8. The topological polar surface area (TPSA) is 73.3 Å². The molecule has 0 spiro atoms. The molecule has 1 heterocycles. The lowest BCUT2D eigenvalue weighted by Crippen LogP contribution is -2.43. The van der Waals surface area contributed by atoms with Crippen LogP contribution in [0, 0.1) is 16.7 Å². The zero-order valence-corrected chi connectivity index (χ0v) is 15.2. The summed E-state index contributed by atoms with van der Waals surface area (Å²) in [5.41, 5.74) is -0.626. The molecule has 25 heavy (non-hydrogen) atoms. The molecule has 0 amide bonds. The third-order valence-electron chi connectivity index (χ3n) is 6.37. The number of hydrogen-bond acceptors (Lipinski definition) is 5. The summed E-state index contributed by atoms with van der Waals surface area (Å²) >= 11 is 0. The smallest absolute Gasteiger partial charge is 0.310 e. The van der Waals surface area contributed by atoms with Crippen molar-refractivity contribution < 1.29 is 17.4 Å². The van der Waals surface area contributed by atoms with Crippen molar-refractivity contribution in [1.82, 2.24) is 4.98 Å². The van der Waals surface area contributed by atoms with Crippen molar-refractivity contribution in [2.75, 3.05) is 5.75 Å². The van der Waals surface area contributed by atoms with E-state index in [0.717, 1.165) is 11.8 Å². The van der Waals surface area contributed by atoms with Gasteiger partial charge in [0.2, 0.25) is 0 Å². The minimum Gasteiger partial charge on any atom is -0.380 e. The molecule has 2 aliphatic carbocycles. The van der Waals surface area contributed by atoms with Gasteiger partial charge in [-0.25, -0.2) is 0 Å². The van der Waals surface area contributed by atoms with Gasteiger partial charge in [-0.2, -0.15) is 8.42 Å². The van der Waals surface area contributed by atoms with Crippen LogP contribution in [0.15, 0.2) is 36.5 Å². The SMILES string of the molecule is CC1(C)[C@H]2CC[C@]1(CS(=O)(=O)Oc1cccc3cccnc13)C(=O)C2. The molecular weight excluding hydrogens is 338 g/mol. The van der Waals surface area contributed by atoms with Crippen LogP contribution in [-0.2, 0) is 14.9 Å². The van der Waals surface area contributed by atoms with Crippen molar-refractivity contribution >= 4 is 26.8 Å². The molecule has 2 bridgehead atoms. The molecule has 2 saturated carbocycles. The van der Waals surface area contributed by atoms with E-state index in [1.54, 1.807) is 24.4 Å². The minimum absolute atomic E-state index is 0.0666. The molecular formula is C19H21NO4S. The Labute approximate surface area is 147 Å². The molecule has 2 fully saturated rings. The van der Waals surface area contributed by atoms with Crippen molar-refractivity contribution in [2.45, 2.75) is 33.1 Å². The summed E-state index contributed by atoms with van der Waals surface area (Å²) in [5.74, 6) is 0.296. The molecule has 1 aromatic carbocycles. The highest BCUT2D eigenvalue weighted by atomic mass is 32.2. The van der Waals surface area contributed by atoms with Gasteiger partial charge >= 0.3 is 10.1 Å². The Kier molecular flexibility index (Phi) is 3.48. The van der Waals surface area contributed by atoms with Crippen LogP contribution < -0.4 is 4.18 Å². The van der Waals surface area contributed by atoms with Crippen LogP contribution >= 0.6 is 0 Å². The average molecular weight is 359 g/mol. The van der Waals surface area contributed by atoms with E-state index in [9.17, 15) is 13.2 Å². The second-order valence-corrected chi connectivity index (χ2v) is 9.35. The largest absolute Gasteiger partial charge is 0.380 e. The lowest BCUT2D eigenvalue weighted by atomic mass is 9.70. The molecule has 0 saturated heterocycles. The van der Waals surface area contributed by atoms with Gasteiger partial charge in [0.05, 0.1) is 11.2 Å². The highest BCUT2D eigenvalue weighted by Gasteiger charge is 2.65. The second-order valence-electron chi connectivity index (χ2n) is 7.78. The van der Waals surface area contributed by atoms with Gasteiger partial charge in [-0.1, -0.05) is 32.0 Å². The molecule has 2 atom stereocenters. The van der Waals surface area contributed by atoms with E-state index >= 15 is 0 Å². The van der Waals surface area contributed by atoms with Crippen molar-refractivity contribution in [1.29, 1.82) is 0 Å². The van der Waals surface area contributed by atoms with Gasteiger partial charge in [0, 0.05) is 18.0 Å². The van der Waals surface area contributed by atoms with Gasteiger partial charge in [-0.15, -0.1) is 0 Å². The summed E-state index contributed by atoms with van der Waals surface area (Å²) in [6, 6.07) is 8.84. The average Bonchev–Trinajstić information content (AvgIpc) is 2.88. The fourth-order valence-corrected chi connectivity index (χ4v) is 6.47. The lowest BCUT2D eigenvalue weighted by molar-refractivity contribution is -0.128. The Balaban J connectivity index is 1.68. The van der Waals surface area contributed by atoms with Crippen molar-refractivity contribution in [2.24, 2.45) is 16.7 Å². The molecule has 1 aromatic heterocycles.